The first-order valence-corrected chi connectivity index (χ1v) is 8.01. The van der Waals surface area contributed by atoms with E-state index in [0.717, 1.165) is 29.2 Å². The highest BCUT2D eigenvalue weighted by molar-refractivity contribution is 7.13. The number of aryl methyl sites for hydroxylation is 1. The Hall–Kier alpha value is -2.20. The van der Waals surface area contributed by atoms with Crippen LogP contribution < -0.4 is 5.32 Å². The van der Waals surface area contributed by atoms with E-state index >= 15 is 0 Å². The molecule has 1 aliphatic heterocycles. The molecule has 0 atom stereocenters. The summed E-state index contributed by atoms with van der Waals surface area (Å²) in [4.78, 5) is 8.92. The highest BCUT2D eigenvalue weighted by atomic mass is 32.1. The lowest BCUT2D eigenvalue weighted by molar-refractivity contribution is 0.830. The maximum atomic E-state index is 4.76. The zero-order valence-corrected chi connectivity index (χ0v) is 12.4. The van der Waals surface area contributed by atoms with Crippen LogP contribution >= 0.6 is 11.3 Å². The number of nitrogens with zero attached hydrogens (tertiary/aromatic N) is 2. The van der Waals surface area contributed by atoms with Gasteiger partial charge >= 0.3 is 0 Å². The van der Waals surface area contributed by atoms with E-state index < -0.39 is 0 Å². The second-order valence-electron chi connectivity index (χ2n) is 5.18. The van der Waals surface area contributed by atoms with Gasteiger partial charge in [0.15, 0.2) is 0 Å². The Morgan fingerprint density at radius 3 is 3.05 bits per heavy atom. The smallest absolute Gasteiger partial charge is 0.125 e. The molecule has 21 heavy (non-hydrogen) atoms. The third kappa shape index (κ3) is 2.43. The Bertz CT molecular complexity index is 765. The molecule has 3 aromatic rings. The Labute approximate surface area is 127 Å². The monoisotopic (exact) mass is 293 g/mol. The molecule has 3 heterocycles. The van der Waals surface area contributed by atoms with Crippen molar-refractivity contribution in [2.75, 3.05) is 11.9 Å². The summed E-state index contributed by atoms with van der Waals surface area (Å²) in [6.07, 6.45) is 6.00. The van der Waals surface area contributed by atoms with Gasteiger partial charge in [-0.1, -0.05) is 6.07 Å². The number of anilines is 1. The molecular weight excluding hydrogens is 278 g/mol. The van der Waals surface area contributed by atoms with Crippen LogP contribution in [0.4, 0.5) is 5.69 Å². The Morgan fingerprint density at radius 2 is 2.14 bits per heavy atom. The van der Waals surface area contributed by atoms with E-state index in [1.807, 2.05) is 18.3 Å². The standard InChI is InChI=1S/C17H15N3S/c1-4-14(10-18-7-1)17-20-16(11-21-17)13-5-6-15-12(9-13)3-2-8-19-15/h1,4-7,9-11,19H,2-3,8H2. The highest BCUT2D eigenvalue weighted by Gasteiger charge is 2.11. The molecular formula is C17H15N3S. The van der Waals surface area contributed by atoms with E-state index in [1.165, 1.54) is 23.2 Å². The zero-order chi connectivity index (χ0) is 14.1. The molecule has 0 saturated carbocycles. The molecule has 0 amide bonds. The number of hydrogen-bond donors (Lipinski definition) is 1. The average molecular weight is 293 g/mol. The molecule has 4 rings (SSSR count). The van der Waals surface area contributed by atoms with E-state index in [9.17, 15) is 0 Å². The van der Waals surface area contributed by atoms with Crippen molar-refractivity contribution in [3.63, 3.8) is 0 Å². The SMILES string of the molecule is c1cncc(-c2nc(-c3ccc4c(c3)CCCN4)cs2)c1. The highest BCUT2D eigenvalue weighted by Crippen LogP contribution is 2.31. The van der Waals surface area contributed by atoms with Crippen LogP contribution in [0.1, 0.15) is 12.0 Å². The topological polar surface area (TPSA) is 37.8 Å². The number of rotatable bonds is 2. The van der Waals surface area contributed by atoms with Gasteiger partial charge < -0.3 is 5.32 Å². The van der Waals surface area contributed by atoms with Gasteiger partial charge in [-0.25, -0.2) is 4.98 Å². The van der Waals surface area contributed by atoms with Gasteiger partial charge in [-0.05, 0) is 42.7 Å². The summed E-state index contributed by atoms with van der Waals surface area (Å²) in [6.45, 7) is 1.08. The molecule has 0 fully saturated rings. The minimum atomic E-state index is 1.02. The zero-order valence-electron chi connectivity index (χ0n) is 11.5. The normalized spacial score (nSPS) is 13.5. The van der Waals surface area contributed by atoms with Gasteiger partial charge in [0.05, 0.1) is 5.69 Å². The minimum Gasteiger partial charge on any atom is -0.385 e. The predicted molar refractivity (Wildman–Crippen MR) is 87.6 cm³/mol. The van der Waals surface area contributed by atoms with Crippen LogP contribution in [-0.2, 0) is 6.42 Å². The van der Waals surface area contributed by atoms with Crippen LogP contribution in [0.5, 0.6) is 0 Å². The summed E-state index contributed by atoms with van der Waals surface area (Å²) < 4.78 is 0. The fourth-order valence-corrected chi connectivity index (χ4v) is 3.48. The molecule has 0 aliphatic carbocycles. The van der Waals surface area contributed by atoms with Crippen LogP contribution in [0.25, 0.3) is 21.8 Å². The second kappa shape index (κ2) is 5.30. The first-order valence-electron chi connectivity index (χ1n) is 7.13. The third-order valence-electron chi connectivity index (χ3n) is 3.75. The van der Waals surface area contributed by atoms with Crippen molar-refractivity contribution in [2.45, 2.75) is 12.8 Å². The number of nitrogens with one attached hydrogen (secondary N) is 1. The van der Waals surface area contributed by atoms with Crippen molar-refractivity contribution in [2.24, 2.45) is 0 Å². The van der Waals surface area contributed by atoms with Crippen molar-refractivity contribution >= 4 is 17.0 Å². The third-order valence-corrected chi connectivity index (χ3v) is 4.64. The summed E-state index contributed by atoms with van der Waals surface area (Å²) in [7, 11) is 0. The molecule has 1 aromatic carbocycles. The number of fused-ring (bicyclic) bond motifs is 1. The molecule has 3 nitrogen and oxygen atoms in total. The Kier molecular flexibility index (Phi) is 3.16. The first-order chi connectivity index (χ1) is 10.4. The molecule has 4 heteroatoms. The average Bonchev–Trinajstić information content (AvgIpc) is 3.05. The van der Waals surface area contributed by atoms with Gasteiger partial charge in [0.2, 0.25) is 0 Å². The van der Waals surface area contributed by atoms with Crippen molar-refractivity contribution in [3.05, 3.63) is 53.7 Å². The van der Waals surface area contributed by atoms with Crippen LogP contribution in [0.2, 0.25) is 0 Å². The fourth-order valence-electron chi connectivity index (χ4n) is 2.66. The molecule has 1 aliphatic rings. The van der Waals surface area contributed by atoms with Crippen molar-refractivity contribution in [1.82, 2.24) is 9.97 Å². The summed E-state index contributed by atoms with van der Waals surface area (Å²) in [5, 5.41) is 6.59. The van der Waals surface area contributed by atoms with Crippen LogP contribution in [-0.4, -0.2) is 16.5 Å². The summed E-state index contributed by atoms with van der Waals surface area (Å²) in [6, 6.07) is 10.6. The van der Waals surface area contributed by atoms with Crippen LogP contribution in [0.15, 0.2) is 48.1 Å². The molecule has 0 spiro atoms. The van der Waals surface area contributed by atoms with E-state index in [0.29, 0.717) is 0 Å². The lowest BCUT2D eigenvalue weighted by atomic mass is 10.00. The number of benzene rings is 1. The number of aromatic nitrogens is 2. The number of hydrogen-bond acceptors (Lipinski definition) is 4. The Morgan fingerprint density at radius 1 is 1.14 bits per heavy atom. The van der Waals surface area contributed by atoms with Crippen LogP contribution in [0.3, 0.4) is 0 Å². The van der Waals surface area contributed by atoms with Gasteiger partial charge in [-0.3, -0.25) is 4.98 Å². The fraction of sp³-hybridized carbons (Fsp3) is 0.176. The lowest BCUT2D eigenvalue weighted by Gasteiger charge is -2.18. The maximum Gasteiger partial charge on any atom is 0.125 e. The molecule has 1 N–H and O–H groups in total. The molecule has 0 unspecified atom stereocenters. The van der Waals surface area contributed by atoms with E-state index in [-0.39, 0.29) is 0 Å². The predicted octanol–water partition coefficient (Wildman–Crippen LogP) is 4.23. The van der Waals surface area contributed by atoms with Gasteiger partial charge in [0, 0.05) is 41.1 Å². The van der Waals surface area contributed by atoms with E-state index in [4.69, 9.17) is 4.98 Å². The van der Waals surface area contributed by atoms with E-state index in [1.54, 1.807) is 17.5 Å². The molecule has 2 aromatic heterocycles. The van der Waals surface area contributed by atoms with Crippen molar-refractivity contribution < 1.29 is 0 Å². The summed E-state index contributed by atoms with van der Waals surface area (Å²) in [5.41, 5.74) is 5.99. The van der Waals surface area contributed by atoms with Crippen molar-refractivity contribution in [3.8, 4) is 21.8 Å². The van der Waals surface area contributed by atoms with E-state index in [2.05, 4.69) is 33.9 Å². The molecule has 0 radical (unpaired) electrons. The van der Waals surface area contributed by atoms with Crippen LogP contribution in [0, 0.1) is 0 Å². The van der Waals surface area contributed by atoms with Gasteiger partial charge in [-0.15, -0.1) is 11.3 Å². The maximum absolute atomic E-state index is 4.76. The van der Waals surface area contributed by atoms with Crippen molar-refractivity contribution in [1.29, 1.82) is 0 Å². The molecule has 0 saturated heterocycles. The van der Waals surface area contributed by atoms with Gasteiger partial charge in [0.1, 0.15) is 5.01 Å². The second-order valence-corrected chi connectivity index (χ2v) is 6.04. The summed E-state index contributed by atoms with van der Waals surface area (Å²) in [5.74, 6) is 0. The Balaban J connectivity index is 1.70. The lowest BCUT2D eigenvalue weighted by Crippen LogP contribution is -2.11. The quantitative estimate of drug-likeness (QED) is 0.768. The van der Waals surface area contributed by atoms with Gasteiger partial charge in [0.25, 0.3) is 0 Å². The molecule has 104 valence electrons. The number of thiazole rings is 1. The summed E-state index contributed by atoms with van der Waals surface area (Å²) >= 11 is 1.67. The van der Waals surface area contributed by atoms with Gasteiger partial charge in [-0.2, -0.15) is 0 Å². The molecule has 0 bridgehead atoms. The largest absolute Gasteiger partial charge is 0.385 e. The first kappa shape index (κ1) is 12.5. The number of pyridine rings is 1. The minimum absolute atomic E-state index is 1.02.